The molecule has 20 heavy (non-hydrogen) atoms. The first kappa shape index (κ1) is 17.4. The Balaban J connectivity index is 2.52. The number of hydrogen-bond acceptors (Lipinski definition) is 4. The van der Waals surface area contributed by atoms with Crippen LogP contribution in [-0.4, -0.2) is 29.6 Å². The van der Waals surface area contributed by atoms with Gasteiger partial charge in [-0.05, 0) is 52.9 Å². The van der Waals surface area contributed by atoms with Crippen LogP contribution in [0.2, 0.25) is 0 Å². The Morgan fingerprint density at radius 2 is 1.90 bits per heavy atom. The van der Waals surface area contributed by atoms with E-state index in [2.05, 4.69) is 20.8 Å². The molecule has 0 radical (unpaired) electrons. The first-order valence-electron chi connectivity index (χ1n) is 7.62. The van der Waals surface area contributed by atoms with Crippen molar-refractivity contribution >= 4 is 5.97 Å². The molecule has 1 saturated heterocycles. The molecule has 0 amide bonds. The Kier molecular flexibility index (Phi) is 5.61. The summed E-state index contributed by atoms with van der Waals surface area (Å²) in [6.07, 6.45) is 2.78. The highest BCUT2D eigenvalue weighted by Crippen LogP contribution is 2.38. The molecule has 1 fully saturated rings. The van der Waals surface area contributed by atoms with Crippen LogP contribution in [0.5, 0.6) is 0 Å². The second-order valence-electron chi connectivity index (χ2n) is 6.82. The summed E-state index contributed by atoms with van der Waals surface area (Å²) in [5.41, 5.74) is -0.271. The molecule has 0 aliphatic carbocycles. The van der Waals surface area contributed by atoms with Crippen molar-refractivity contribution in [2.45, 2.75) is 91.3 Å². The van der Waals surface area contributed by atoms with Crippen LogP contribution in [0, 0.1) is 5.92 Å². The molecule has 1 aliphatic heterocycles. The minimum atomic E-state index is -0.516. The van der Waals surface area contributed by atoms with Gasteiger partial charge >= 0.3 is 5.97 Å². The van der Waals surface area contributed by atoms with Gasteiger partial charge in [-0.2, -0.15) is 0 Å². The van der Waals surface area contributed by atoms with E-state index < -0.39 is 5.79 Å². The van der Waals surface area contributed by atoms with Crippen molar-refractivity contribution in [3.05, 3.63) is 0 Å². The fourth-order valence-electron chi connectivity index (χ4n) is 3.03. The Hall–Kier alpha value is -0.610. The average Bonchev–Trinajstić information content (AvgIpc) is 2.50. The van der Waals surface area contributed by atoms with Crippen molar-refractivity contribution < 1.29 is 19.0 Å². The Morgan fingerprint density at radius 1 is 1.30 bits per heavy atom. The lowest BCUT2D eigenvalue weighted by molar-refractivity contribution is -0.157. The first-order valence-corrected chi connectivity index (χ1v) is 7.62. The third kappa shape index (κ3) is 4.74. The second kappa shape index (κ2) is 6.44. The largest absolute Gasteiger partial charge is 0.462 e. The lowest BCUT2D eigenvalue weighted by Crippen LogP contribution is -2.34. The molecule has 0 N–H and O–H groups in total. The van der Waals surface area contributed by atoms with E-state index in [0.29, 0.717) is 5.92 Å². The summed E-state index contributed by atoms with van der Waals surface area (Å²) in [7, 11) is 0. The zero-order valence-corrected chi connectivity index (χ0v) is 14.0. The van der Waals surface area contributed by atoms with Crippen molar-refractivity contribution in [2.75, 3.05) is 0 Å². The van der Waals surface area contributed by atoms with E-state index in [1.807, 2.05) is 20.8 Å². The van der Waals surface area contributed by atoms with Crippen LogP contribution in [0.15, 0.2) is 0 Å². The number of carbonyl (C=O) groups excluding carboxylic acids is 1. The molecule has 4 nitrogen and oxygen atoms in total. The summed E-state index contributed by atoms with van der Waals surface area (Å²) in [5, 5.41) is 0. The lowest BCUT2D eigenvalue weighted by Gasteiger charge is -2.27. The van der Waals surface area contributed by atoms with Gasteiger partial charge in [0.2, 0.25) is 0 Å². The molecule has 0 unspecified atom stereocenters. The van der Waals surface area contributed by atoms with E-state index in [9.17, 15) is 4.79 Å². The molecule has 0 saturated carbocycles. The highest BCUT2D eigenvalue weighted by atomic mass is 16.8. The Labute approximate surface area is 123 Å². The highest BCUT2D eigenvalue weighted by Gasteiger charge is 2.46. The Morgan fingerprint density at radius 3 is 2.30 bits per heavy atom. The molecule has 0 aromatic rings. The summed E-state index contributed by atoms with van der Waals surface area (Å²) in [4.78, 5) is 11.1. The molecule has 1 heterocycles. The number of hydrogen-bond donors (Lipinski definition) is 0. The van der Waals surface area contributed by atoms with E-state index in [-0.39, 0.29) is 23.8 Å². The van der Waals surface area contributed by atoms with E-state index in [1.165, 1.54) is 6.92 Å². The normalized spacial score (nSPS) is 27.1. The van der Waals surface area contributed by atoms with Crippen LogP contribution in [0.3, 0.4) is 0 Å². The van der Waals surface area contributed by atoms with Gasteiger partial charge in [-0.25, -0.2) is 0 Å². The van der Waals surface area contributed by atoms with Gasteiger partial charge in [0.15, 0.2) is 5.79 Å². The quantitative estimate of drug-likeness (QED) is 0.699. The predicted octanol–water partition coefficient (Wildman–Crippen LogP) is 3.67. The number of ether oxygens (including phenoxy) is 3. The zero-order chi connectivity index (χ0) is 15.6. The molecule has 1 rings (SSSR count). The van der Waals surface area contributed by atoms with Crippen molar-refractivity contribution in [3.8, 4) is 0 Å². The fourth-order valence-corrected chi connectivity index (χ4v) is 3.03. The molecule has 0 aromatic carbocycles. The summed E-state index contributed by atoms with van der Waals surface area (Å²) >= 11 is 0. The minimum Gasteiger partial charge on any atom is -0.462 e. The van der Waals surface area contributed by atoms with Gasteiger partial charge in [0, 0.05) is 6.92 Å². The first-order chi connectivity index (χ1) is 9.07. The van der Waals surface area contributed by atoms with Crippen molar-refractivity contribution in [2.24, 2.45) is 5.92 Å². The maximum Gasteiger partial charge on any atom is 0.302 e. The zero-order valence-electron chi connectivity index (χ0n) is 14.0. The third-order valence-electron chi connectivity index (χ3n) is 3.95. The van der Waals surface area contributed by atoms with E-state index >= 15 is 0 Å². The second-order valence-corrected chi connectivity index (χ2v) is 6.82. The van der Waals surface area contributed by atoms with Gasteiger partial charge in [0.1, 0.15) is 6.10 Å². The lowest BCUT2D eigenvalue weighted by atomic mass is 9.90. The fraction of sp³-hybridized carbons (Fsp3) is 0.938. The summed E-state index contributed by atoms with van der Waals surface area (Å²) < 4.78 is 17.3. The molecule has 3 atom stereocenters. The van der Waals surface area contributed by atoms with Gasteiger partial charge in [-0.1, -0.05) is 13.8 Å². The summed E-state index contributed by atoms with van der Waals surface area (Å²) in [6, 6.07) is 0. The van der Waals surface area contributed by atoms with E-state index in [0.717, 1.165) is 19.3 Å². The Bertz CT molecular complexity index is 335. The van der Waals surface area contributed by atoms with Crippen LogP contribution < -0.4 is 0 Å². The smallest absolute Gasteiger partial charge is 0.302 e. The van der Waals surface area contributed by atoms with Crippen LogP contribution >= 0.6 is 0 Å². The predicted molar refractivity (Wildman–Crippen MR) is 78.4 cm³/mol. The minimum absolute atomic E-state index is 0.00839. The van der Waals surface area contributed by atoms with Crippen molar-refractivity contribution in [1.29, 1.82) is 0 Å². The SMILES string of the molecule is CC[C@H](OC(C)=O)[C@@H](C)CC[C@@H]1OC(C)(C)OC1(C)C. The van der Waals surface area contributed by atoms with Crippen LogP contribution in [-0.2, 0) is 19.0 Å². The molecule has 4 heteroatoms. The maximum atomic E-state index is 11.1. The van der Waals surface area contributed by atoms with Gasteiger partial charge in [-0.3, -0.25) is 4.79 Å². The van der Waals surface area contributed by atoms with Crippen molar-refractivity contribution in [1.82, 2.24) is 0 Å². The monoisotopic (exact) mass is 286 g/mol. The topological polar surface area (TPSA) is 44.8 Å². The number of esters is 1. The van der Waals surface area contributed by atoms with Gasteiger partial charge < -0.3 is 14.2 Å². The van der Waals surface area contributed by atoms with Crippen LogP contribution in [0.25, 0.3) is 0 Å². The van der Waals surface area contributed by atoms with Gasteiger partial charge in [0.05, 0.1) is 11.7 Å². The van der Waals surface area contributed by atoms with E-state index in [4.69, 9.17) is 14.2 Å². The number of carbonyl (C=O) groups is 1. The maximum absolute atomic E-state index is 11.1. The summed E-state index contributed by atoms with van der Waals surface area (Å²) in [5.74, 6) is -0.394. The number of rotatable bonds is 6. The standard InChI is InChI=1S/C16H30O4/c1-8-13(18-12(3)17)11(2)9-10-14-15(4,5)20-16(6,7)19-14/h11,13-14H,8-10H2,1-7H3/t11-,13-,14-/m0/s1. The van der Waals surface area contributed by atoms with E-state index in [1.54, 1.807) is 0 Å². The molecular formula is C16H30O4. The van der Waals surface area contributed by atoms with Crippen molar-refractivity contribution in [3.63, 3.8) is 0 Å². The summed E-state index contributed by atoms with van der Waals surface area (Å²) in [6.45, 7) is 13.7. The molecule has 1 aliphatic rings. The highest BCUT2D eigenvalue weighted by molar-refractivity contribution is 5.66. The molecule has 0 spiro atoms. The van der Waals surface area contributed by atoms with Gasteiger partial charge in [0.25, 0.3) is 0 Å². The molecule has 118 valence electrons. The van der Waals surface area contributed by atoms with Gasteiger partial charge in [-0.15, -0.1) is 0 Å². The molecular weight excluding hydrogens is 256 g/mol. The third-order valence-corrected chi connectivity index (χ3v) is 3.95. The van der Waals surface area contributed by atoms with Crippen LogP contribution in [0.4, 0.5) is 0 Å². The molecule has 0 bridgehead atoms. The molecule has 0 aromatic heterocycles. The average molecular weight is 286 g/mol. The van der Waals surface area contributed by atoms with Crippen LogP contribution in [0.1, 0.15) is 67.7 Å².